The van der Waals surface area contributed by atoms with Crippen molar-refractivity contribution < 1.29 is 8.42 Å². The van der Waals surface area contributed by atoms with Gasteiger partial charge in [-0.1, -0.05) is 0 Å². The third-order valence-electron chi connectivity index (χ3n) is 4.54. The summed E-state index contributed by atoms with van der Waals surface area (Å²) in [5.41, 5.74) is 0. The molecule has 7 heteroatoms. The Balaban J connectivity index is 1.93. The second kappa shape index (κ2) is 4.29. The van der Waals surface area contributed by atoms with Crippen LogP contribution in [0.5, 0.6) is 0 Å². The Morgan fingerprint density at radius 3 is 2.74 bits per heavy atom. The molecule has 3 atom stereocenters. The van der Waals surface area contributed by atoms with Crippen LogP contribution >= 0.6 is 0 Å². The van der Waals surface area contributed by atoms with Crippen molar-refractivity contribution >= 4 is 10.0 Å². The smallest absolute Gasteiger partial charge is 0.262 e. The second-order valence-electron chi connectivity index (χ2n) is 5.63. The van der Waals surface area contributed by atoms with Gasteiger partial charge in [0.25, 0.3) is 10.0 Å². The molecule has 2 saturated heterocycles. The van der Waals surface area contributed by atoms with E-state index in [1.165, 1.54) is 0 Å². The first-order chi connectivity index (χ1) is 8.91. The topological polar surface area (TPSA) is 67.2 Å². The number of rotatable bonds is 2. The van der Waals surface area contributed by atoms with E-state index in [1.807, 2.05) is 20.9 Å². The summed E-state index contributed by atoms with van der Waals surface area (Å²) in [7, 11) is -1.65. The van der Waals surface area contributed by atoms with Crippen molar-refractivity contribution in [2.75, 3.05) is 19.6 Å². The van der Waals surface area contributed by atoms with Crippen molar-refractivity contribution in [2.24, 2.45) is 18.9 Å². The molecule has 1 aromatic rings. The Bertz CT molecular complexity index is 575. The fourth-order valence-electron chi connectivity index (χ4n) is 3.22. The van der Waals surface area contributed by atoms with Crippen LogP contribution in [-0.2, 0) is 17.1 Å². The first-order valence-electron chi connectivity index (χ1n) is 6.64. The number of aryl methyl sites for hydroxylation is 2. The molecule has 0 bridgehead atoms. The van der Waals surface area contributed by atoms with Gasteiger partial charge < -0.3 is 9.88 Å². The van der Waals surface area contributed by atoms with Crippen LogP contribution in [0.1, 0.15) is 12.7 Å². The van der Waals surface area contributed by atoms with Gasteiger partial charge in [0.15, 0.2) is 5.03 Å². The molecule has 0 aromatic carbocycles. The Hall–Kier alpha value is -0.920. The molecule has 3 heterocycles. The van der Waals surface area contributed by atoms with E-state index >= 15 is 0 Å². The average molecular weight is 284 g/mol. The molecule has 2 aliphatic heterocycles. The van der Waals surface area contributed by atoms with Crippen LogP contribution in [0.4, 0.5) is 0 Å². The highest BCUT2D eigenvalue weighted by molar-refractivity contribution is 7.89. The molecule has 0 radical (unpaired) electrons. The van der Waals surface area contributed by atoms with Crippen LogP contribution in [0.2, 0.25) is 0 Å². The normalized spacial score (nSPS) is 31.8. The fraction of sp³-hybridized carbons (Fsp3) is 0.750. The fourth-order valence-corrected chi connectivity index (χ4v) is 4.98. The third kappa shape index (κ3) is 1.91. The first-order valence-corrected chi connectivity index (χ1v) is 8.08. The number of nitrogens with zero attached hydrogens (tertiary/aromatic N) is 3. The standard InChI is InChI=1S/C12H20N4O2S/c1-8-11-5-13-4-10(11)6-16(8)19(17,18)12-7-15(3)9(2)14-12/h7-8,10-11,13H,4-6H2,1-3H3. The molecule has 106 valence electrons. The van der Waals surface area contributed by atoms with E-state index in [4.69, 9.17) is 0 Å². The summed E-state index contributed by atoms with van der Waals surface area (Å²) in [6.45, 7) is 6.26. The molecule has 0 aliphatic carbocycles. The van der Waals surface area contributed by atoms with Gasteiger partial charge in [-0.3, -0.25) is 0 Å². The first kappa shape index (κ1) is 13.1. The molecule has 6 nitrogen and oxygen atoms in total. The number of hydrogen-bond donors (Lipinski definition) is 1. The van der Waals surface area contributed by atoms with E-state index < -0.39 is 10.0 Å². The monoisotopic (exact) mass is 284 g/mol. The van der Waals surface area contributed by atoms with Crippen LogP contribution in [-0.4, -0.2) is 48.0 Å². The molecule has 2 fully saturated rings. The maximum absolute atomic E-state index is 12.7. The van der Waals surface area contributed by atoms with E-state index in [0.29, 0.717) is 24.2 Å². The molecule has 2 aliphatic rings. The lowest BCUT2D eigenvalue weighted by Crippen LogP contribution is -2.38. The van der Waals surface area contributed by atoms with E-state index in [9.17, 15) is 8.42 Å². The zero-order chi connectivity index (χ0) is 13.8. The molecule has 0 amide bonds. The predicted molar refractivity (Wildman–Crippen MR) is 71.1 cm³/mol. The molecule has 0 spiro atoms. The number of imidazole rings is 1. The van der Waals surface area contributed by atoms with Crippen LogP contribution in [0, 0.1) is 18.8 Å². The summed E-state index contributed by atoms with van der Waals surface area (Å²) in [5, 5.41) is 3.51. The van der Waals surface area contributed by atoms with Gasteiger partial charge >= 0.3 is 0 Å². The van der Waals surface area contributed by atoms with Crippen molar-refractivity contribution in [2.45, 2.75) is 24.9 Å². The maximum atomic E-state index is 12.7. The average Bonchev–Trinajstić information content (AvgIpc) is 2.99. The lowest BCUT2D eigenvalue weighted by atomic mass is 9.95. The molecule has 1 N–H and O–H groups in total. The van der Waals surface area contributed by atoms with E-state index in [1.54, 1.807) is 15.1 Å². The summed E-state index contributed by atoms with van der Waals surface area (Å²) >= 11 is 0. The van der Waals surface area contributed by atoms with Gasteiger partial charge in [-0.25, -0.2) is 13.4 Å². The molecule has 3 rings (SSSR count). The van der Waals surface area contributed by atoms with Gasteiger partial charge in [0.1, 0.15) is 5.82 Å². The van der Waals surface area contributed by atoms with Crippen molar-refractivity contribution in [3.63, 3.8) is 0 Å². The molecular formula is C12H20N4O2S. The largest absolute Gasteiger partial charge is 0.337 e. The van der Waals surface area contributed by atoms with Gasteiger partial charge in [0, 0.05) is 25.8 Å². The van der Waals surface area contributed by atoms with Crippen molar-refractivity contribution in [3.8, 4) is 0 Å². The highest BCUT2D eigenvalue weighted by Crippen LogP contribution is 2.35. The summed E-state index contributed by atoms with van der Waals surface area (Å²) in [4.78, 5) is 4.17. The number of fused-ring (bicyclic) bond motifs is 1. The Morgan fingerprint density at radius 1 is 1.42 bits per heavy atom. The molecular weight excluding hydrogens is 264 g/mol. The number of nitrogens with one attached hydrogen (secondary N) is 1. The van der Waals surface area contributed by atoms with Crippen molar-refractivity contribution in [1.29, 1.82) is 0 Å². The van der Waals surface area contributed by atoms with Crippen molar-refractivity contribution in [1.82, 2.24) is 19.2 Å². The zero-order valence-electron chi connectivity index (χ0n) is 11.5. The molecule has 19 heavy (non-hydrogen) atoms. The Morgan fingerprint density at radius 2 is 2.16 bits per heavy atom. The molecule has 3 unspecified atom stereocenters. The van der Waals surface area contributed by atoms with Gasteiger partial charge in [0.2, 0.25) is 0 Å². The lowest BCUT2D eigenvalue weighted by molar-refractivity contribution is 0.359. The summed E-state index contributed by atoms with van der Waals surface area (Å²) in [6, 6.07) is 0.0484. The Labute approximate surface area is 113 Å². The zero-order valence-corrected chi connectivity index (χ0v) is 12.3. The maximum Gasteiger partial charge on any atom is 0.262 e. The summed E-state index contributed by atoms with van der Waals surface area (Å²) in [5.74, 6) is 1.58. The molecule has 1 aromatic heterocycles. The minimum Gasteiger partial charge on any atom is -0.337 e. The number of aromatic nitrogens is 2. The highest BCUT2D eigenvalue weighted by Gasteiger charge is 2.47. The van der Waals surface area contributed by atoms with Gasteiger partial charge in [0.05, 0.1) is 0 Å². The molecule has 0 saturated carbocycles. The van der Waals surface area contributed by atoms with E-state index in [-0.39, 0.29) is 11.1 Å². The van der Waals surface area contributed by atoms with Gasteiger partial charge in [-0.05, 0) is 38.8 Å². The van der Waals surface area contributed by atoms with Crippen LogP contribution < -0.4 is 5.32 Å². The quantitative estimate of drug-likeness (QED) is 0.827. The third-order valence-corrected chi connectivity index (χ3v) is 6.36. The minimum absolute atomic E-state index is 0.0484. The lowest BCUT2D eigenvalue weighted by Gasteiger charge is -2.22. The summed E-state index contributed by atoms with van der Waals surface area (Å²) < 4.78 is 28.7. The van der Waals surface area contributed by atoms with Crippen molar-refractivity contribution in [3.05, 3.63) is 12.0 Å². The number of sulfonamides is 1. The van der Waals surface area contributed by atoms with Crippen LogP contribution in [0.15, 0.2) is 11.2 Å². The van der Waals surface area contributed by atoms with E-state index in [2.05, 4.69) is 10.3 Å². The van der Waals surface area contributed by atoms with E-state index in [0.717, 1.165) is 13.1 Å². The number of hydrogen-bond acceptors (Lipinski definition) is 4. The van der Waals surface area contributed by atoms with Crippen LogP contribution in [0.25, 0.3) is 0 Å². The predicted octanol–water partition coefficient (Wildman–Crippen LogP) is -0.0431. The highest BCUT2D eigenvalue weighted by atomic mass is 32.2. The van der Waals surface area contributed by atoms with Crippen LogP contribution in [0.3, 0.4) is 0 Å². The van der Waals surface area contributed by atoms with Gasteiger partial charge in [-0.2, -0.15) is 4.31 Å². The minimum atomic E-state index is -3.46. The SMILES string of the molecule is Cc1nc(S(=O)(=O)N2CC3CNCC3C2C)cn1C. The second-order valence-corrected chi connectivity index (χ2v) is 7.47. The summed E-state index contributed by atoms with van der Waals surface area (Å²) in [6.07, 6.45) is 1.60. The Kier molecular flexibility index (Phi) is 2.95. The van der Waals surface area contributed by atoms with Gasteiger partial charge in [-0.15, -0.1) is 0 Å².